The lowest BCUT2D eigenvalue weighted by Crippen LogP contribution is -2.47. The number of aliphatic carboxylic acids is 1. The normalized spacial score (nSPS) is 15.3. The van der Waals surface area contributed by atoms with Crippen molar-refractivity contribution in [2.75, 3.05) is 6.54 Å². The van der Waals surface area contributed by atoms with Crippen LogP contribution in [-0.4, -0.2) is 29.7 Å². The van der Waals surface area contributed by atoms with Crippen LogP contribution in [0.1, 0.15) is 18.4 Å². The molecule has 0 aliphatic heterocycles. The highest BCUT2D eigenvalue weighted by Gasteiger charge is 2.37. The number of hydrogen-bond donors (Lipinski definition) is 3. The molecular weight excluding hydrogens is 282 g/mol. The zero-order valence-corrected chi connectivity index (χ0v) is 11.2. The summed E-state index contributed by atoms with van der Waals surface area (Å²) in [7, 11) is 0. The van der Waals surface area contributed by atoms with Gasteiger partial charge in [0.2, 0.25) is 0 Å². The summed E-state index contributed by atoms with van der Waals surface area (Å²) in [6.07, 6.45) is 1.84. The van der Waals surface area contributed by atoms with Crippen LogP contribution in [0.4, 0.5) is 13.6 Å². The predicted octanol–water partition coefficient (Wildman–Crippen LogP) is 1.67. The molecule has 1 unspecified atom stereocenters. The number of urea groups is 1. The van der Waals surface area contributed by atoms with Gasteiger partial charge in [-0.05, 0) is 42.9 Å². The van der Waals surface area contributed by atoms with Gasteiger partial charge in [-0.2, -0.15) is 0 Å². The molecule has 2 amide bonds. The summed E-state index contributed by atoms with van der Waals surface area (Å²) in [5, 5.41) is 13.8. The van der Waals surface area contributed by atoms with Crippen LogP contribution in [0.15, 0.2) is 18.2 Å². The van der Waals surface area contributed by atoms with Crippen LogP contribution in [-0.2, 0) is 11.2 Å². The van der Waals surface area contributed by atoms with Gasteiger partial charge in [0, 0.05) is 12.6 Å². The third-order valence-electron chi connectivity index (χ3n) is 3.27. The molecule has 114 valence electrons. The summed E-state index contributed by atoms with van der Waals surface area (Å²) >= 11 is 0. The molecule has 3 N–H and O–H groups in total. The zero-order chi connectivity index (χ0) is 15.4. The first kappa shape index (κ1) is 15.2. The van der Waals surface area contributed by atoms with Crippen molar-refractivity contribution in [3.05, 3.63) is 35.4 Å². The molecule has 1 aliphatic rings. The molecule has 1 aliphatic carbocycles. The largest absolute Gasteiger partial charge is 0.480 e. The maximum Gasteiger partial charge on any atom is 0.326 e. The van der Waals surface area contributed by atoms with E-state index < -0.39 is 29.7 Å². The van der Waals surface area contributed by atoms with Gasteiger partial charge in [-0.1, -0.05) is 0 Å². The molecule has 5 nitrogen and oxygen atoms in total. The molecule has 1 atom stereocenters. The van der Waals surface area contributed by atoms with E-state index in [0.717, 1.165) is 18.9 Å². The summed E-state index contributed by atoms with van der Waals surface area (Å²) < 4.78 is 25.9. The first-order valence-electron chi connectivity index (χ1n) is 6.68. The molecule has 2 rings (SSSR count). The van der Waals surface area contributed by atoms with Crippen LogP contribution >= 0.6 is 0 Å². The lowest BCUT2D eigenvalue weighted by Gasteiger charge is -2.14. The molecular formula is C14H16F2N2O3. The molecule has 1 saturated carbocycles. The quantitative estimate of drug-likeness (QED) is 0.747. The summed E-state index contributed by atoms with van der Waals surface area (Å²) in [5.74, 6) is -2.41. The van der Waals surface area contributed by atoms with Crippen molar-refractivity contribution in [1.82, 2.24) is 10.6 Å². The van der Waals surface area contributed by atoms with Crippen LogP contribution < -0.4 is 10.6 Å². The number of nitrogens with one attached hydrogen (secondary N) is 2. The molecule has 0 heterocycles. The first-order chi connectivity index (χ1) is 9.95. The fourth-order valence-electron chi connectivity index (χ4n) is 2.08. The Bertz CT molecular complexity index is 527. The second kappa shape index (κ2) is 6.51. The second-order valence-electron chi connectivity index (χ2n) is 5.08. The Morgan fingerprint density at radius 3 is 2.38 bits per heavy atom. The summed E-state index contributed by atoms with van der Waals surface area (Å²) in [4.78, 5) is 22.5. The van der Waals surface area contributed by atoms with E-state index in [1.807, 2.05) is 0 Å². The van der Waals surface area contributed by atoms with E-state index in [-0.39, 0.29) is 18.9 Å². The summed E-state index contributed by atoms with van der Waals surface area (Å²) in [5.41, 5.74) is 0.421. The van der Waals surface area contributed by atoms with Crippen molar-refractivity contribution < 1.29 is 23.5 Å². The number of amides is 2. The zero-order valence-electron chi connectivity index (χ0n) is 11.2. The molecule has 1 aromatic carbocycles. The highest BCUT2D eigenvalue weighted by molar-refractivity contribution is 5.83. The highest BCUT2D eigenvalue weighted by atomic mass is 19.1. The Hall–Kier alpha value is -2.18. The Kier molecular flexibility index (Phi) is 4.72. The maximum absolute atomic E-state index is 13.0. The van der Waals surface area contributed by atoms with E-state index in [2.05, 4.69) is 10.6 Å². The maximum atomic E-state index is 13.0. The van der Waals surface area contributed by atoms with Crippen molar-refractivity contribution in [3.8, 4) is 0 Å². The Balaban J connectivity index is 1.77. The molecule has 1 fully saturated rings. The van der Waals surface area contributed by atoms with Gasteiger partial charge in [-0.25, -0.2) is 18.4 Å². The molecule has 1 aromatic rings. The van der Waals surface area contributed by atoms with Gasteiger partial charge in [0.1, 0.15) is 17.7 Å². The van der Waals surface area contributed by atoms with Crippen LogP contribution in [0.3, 0.4) is 0 Å². The lowest BCUT2D eigenvalue weighted by molar-refractivity contribution is -0.139. The van der Waals surface area contributed by atoms with Crippen molar-refractivity contribution in [3.63, 3.8) is 0 Å². The van der Waals surface area contributed by atoms with Crippen molar-refractivity contribution in [2.24, 2.45) is 5.92 Å². The van der Waals surface area contributed by atoms with Crippen molar-refractivity contribution in [2.45, 2.75) is 25.3 Å². The van der Waals surface area contributed by atoms with Gasteiger partial charge in [0.05, 0.1) is 0 Å². The number of halogens is 2. The summed E-state index contributed by atoms with van der Waals surface area (Å²) in [6, 6.07) is 1.68. The number of benzene rings is 1. The average Bonchev–Trinajstić information content (AvgIpc) is 3.18. The van der Waals surface area contributed by atoms with Crippen LogP contribution in [0.25, 0.3) is 0 Å². The minimum Gasteiger partial charge on any atom is -0.480 e. The number of carboxylic acid groups (broad SMARTS) is 1. The second-order valence-corrected chi connectivity index (χ2v) is 5.08. The van der Waals surface area contributed by atoms with Gasteiger partial charge < -0.3 is 15.7 Å². The van der Waals surface area contributed by atoms with Gasteiger partial charge in [0.15, 0.2) is 0 Å². The lowest BCUT2D eigenvalue weighted by atomic mass is 10.1. The van der Waals surface area contributed by atoms with E-state index in [9.17, 15) is 18.4 Å². The van der Waals surface area contributed by atoms with Crippen molar-refractivity contribution in [1.29, 1.82) is 0 Å². The third-order valence-corrected chi connectivity index (χ3v) is 3.27. The number of carbonyl (C=O) groups is 2. The minimum atomic E-state index is -1.06. The van der Waals surface area contributed by atoms with Gasteiger partial charge in [0.25, 0.3) is 0 Å². The molecule has 0 bridgehead atoms. The Morgan fingerprint density at radius 2 is 1.86 bits per heavy atom. The Labute approximate surface area is 120 Å². The Morgan fingerprint density at radius 1 is 1.24 bits per heavy atom. The topological polar surface area (TPSA) is 78.4 Å². The first-order valence-corrected chi connectivity index (χ1v) is 6.68. The van der Waals surface area contributed by atoms with Crippen LogP contribution in [0.5, 0.6) is 0 Å². The SMILES string of the molecule is O=C(NCCc1cc(F)cc(F)c1)NC(C(=O)O)C1CC1. The number of carboxylic acids is 1. The number of carbonyl (C=O) groups excluding carboxylic acids is 1. The predicted molar refractivity (Wildman–Crippen MR) is 70.7 cm³/mol. The van der Waals surface area contributed by atoms with E-state index in [1.165, 1.54) is 12.1 Å². The van der Waals surface area contributed by atoms with E-state index in [4.69, 9.17) is 5.11 Å². The van der Waals surface area contributed by atoms with Gasteiger partial charge >= 0.3 is 12.0 Å². The molecule has 0 spiro atoms. The van der Waals surface area contributed by atoms with E-state index >= 15 is 0 Å². The molecule has 7 heteroatoms. The van der Waals surface area contributed by atoms with Crippen molar-refractivity contribution >= 4 is 12.0 Å². The van der Waals surface area contributed by atoms with Crippen LogP contribution in [0.2, 0.25) is 0 Å². The molecule has 21 heavy (non-hydrogen) atoms. The number of rotatable bonds is 6. The molecule has 0 aromatic heterocycles. The third kappa shape index (κ3) is 4.70. The fraction of sp³-hybridized carbons (Fsp3) is 0.429. The monoisotopic (exact) mass is 298 g/mol. The van der Waals surface area contributed by atoms with E-state index in [0.29, 0.717) is 5.56 Å². The number of hydrogen-bond acceptors (Lipinski definition) is 2. The standard InChI is InChI=1S/C14H16F2N2O3/c15-10-5-8(6-11(16)7-10)3-4-17-14(21)18-12(13(19)20)9-1-2-9/h5-7,9,12H,1-4H2,(H,19,20)(H2,17,18,21). The molecule has 0 radical (unpaired) electrons. The smallest absolute Gasteiger partial charge is 0.326 e. The fourth-order valence-corrected chi connectivity index (χ4v) is 2.08. The minimum absolute atomic E-state index is 0.00874. The molecule has 0 saturated heterocycles. The van der Waals surface area contributed by atoms with Gasteiger partial charge in [-0.15, -0.1) is 0 Å². The average molecular weight is 298 g/mol. The van der Waals surface area contributed by atoms with Crippen LogP contribution in [0, 0.1) is 17.6 Å². The highest BCUT2D eigenvalue weighted by Crippen LogP contribution is 2.32. The van der Waals surface area contributed by atoms with E-state index in [1.54, 1.807) is 0 Å². The summed E-state index contributed by atoms with van der Waals surface area (Å²) in [6.45, 7) is 0.158. The van der Waals surface area contributed by atoms with Gasteiger partial charge in [-0.3, -0.25) is 0 Å².